The van der Waals surface area contributed by atoms with Gasteiger partial charge in [0.2, 0.25) is 0 Å². The number of methoxy groups -OCH3 is 1. The summed E-state index contributed by atoms with van der Waals surface area (Å²) in [4.78, 5) is 36.8. The molecule has 1 aliphatic rings. The Kier molecular flexibility index (Phi) is 6.34. The van der Waals surface area contributed by atoms with Crippen LogP contribution in [0.4, 0.5) is 10.9 Å². The molecule has 0 spiro atoms. The molecule has 178 valence electrons. The topological polar surface area (TPSA) is 110 Å². The molecule has 0 aliphatic carbocycles. The molecular formula is C27H21N5O3S. The second-order valence-electron chi connectivity index (χ2n) is 8.00. The van der Waals surface area contributed by atoms with Crippen molar-refractivity contribution in [3.8, 4) is 17.6 Å². The van der Waals surface area contributed by atoms with Gasteiger partial charge >= 0.3 is 0 Å². The maximum Gasteiger partial charge on any atom is 0.255 e. The predicted octanol–water partition coefficient (Wildman–Crippen LogP) is 3.86. The average molecular weight is 496 g/mol. The molecule has 0 saturated carbocycles. The molecule has 5 rings (SSSR count). The van der Waals surface area contributed by atoms with E-state index in [0.717, 1.165) is 5.56 Å². The number of hydrogen-bond donors (Lipinski definition) is 2. The number of hydrogen-bond acceptors (Lipinski definition) is 7. The monoisotopic (exact) mass is 495 g/mol. The first kappa shape index (κ1) is 23.1. The van der Waals surface area contributed by atoms with Crippen molar-refractivity contribution in [3.63, 3.8) is 0 Å². The number of benzene rings is 2. The van der Waals surface area contributed by atoms with Crippen LogP contribution >= 0.6 is 11.3 Å². The molecule has 0 saturated heterocycles. The molecule has 3 heterocycles. The van der Waals surface area contributed by atoms with Gasteiger partial charge in [-0.2, -0.15) is 0 Å². The molecule has 1 atom stereocenters. The number of rotatable bonds is 5. The zero-order chi connectivity index (χ0) is 25.1. The number of amides is 2. The number of ether oxygens (including phenoxy) is 1. The van der Waals surface area contributed by atoms with E-state index in [-0.39, 0.29) is 18.4 Å². The van der Waals surface area contributed by atoms with Crippen LogP contribution in [0.3, 0.4) is 0 Å². The molecule has 0 fully saturated rings. The van der Waals surface area contributed by atoms with Crippen molar-refractivity contribution in [2.75, 3.05) is 18.2 Å². The molecule has 2 aromatic heterocycles. The summed E-state index contributed by atoms with van der Waals surface area (Å²) in [6.45, 7) is 0.276. The Morgan fingerprint density at radius 3 is 2.69 bits per heavy atom. The molecule has 8 nitrogen and oxygen atoms in total. The lowest BCUT2D eigenvalue weighted by molar-refractivity contribution is -0.120. The molecule has 2 aromatic carbocycles. The molecule has 9 heteroatoms. The van der Waals surface area contributed by atoms with Crippen LogP contribution in [0.2, 0.25) is 0 Å². The third kappa shape index (κ3) is 4.62. The van der Waals surface area contributed by atoms with Crippen molar-refractivity contribution in [1.29, 1.82) is 0 Å². The van der Waals surface area contributed by atoms with Crippen molar-refractivity contribution >= 4 is 34.1 Å². The van der Waals surface area contributed by atoms with Crippen molar-refractivity contribution < 1.29 is 14.3 Å². The fraction of sp³-hybridized carbons (Fsp3) is 0.111. The minimum absolute atomic E-state index is 0.256. The van der Waals surface area contributed by atoms with Gasteiger partial charge in [0.1, 0.15) is 17.6 Å². The summed E-state index contributed by atoms with van der Waals surface area (Å²) in [5.41, 5.74) is 8.95. The van der Waals surface area contributed by atoms with Gasteiger partial charge in [0.05, 0.1) is 7.11 Å². The first-order valence-electron chi connectivity index (χ1n) is 11.0. The van der Waals surface area contributed by atoms with E-state index < -0.39 is 6.04 Å². The van der Waals surface area contributed by atoms with Crippen LogP contribution in [0.1, 0.15) is 38.7 Å². The van der Waals surface area contributed by atoms with Gasteiger partial charge in [-0.3, -0.25) is 14.9 Å². The van der Waals surface area contributed by atoms with Crippen LogP contribution < -0.4 is 15.8 Å². The molecule has 1 aliphatic heterocycles. The Balaban J connectivity index is 1.47. The van der Waals surface area contributed by atoms with Crippen LogP contribution in [0.25, 0.3) is 0 Å². The minimum Gasteiger partial charge on any atom is -0.496 e. The van der Waals surface area contributed by atoms with E-state index in [1.807, 2.05) is 24.3 Å². The quantitative estimate of drug-likeness (QED) is 0.407. The predicted molar refractivity (Wildman–Crippen MR) is 137 cm³/mol. The van der Waals surface area contributed by atoms with Crippen molar-refractivity contribution in [1.82, 2.24) is 14.9 Å². The van der Waals surface area contributed by atoms with E-state index >= 15 is 0 Å². The van der Waals surface area contributed by atoms with Crippen LogP contribution in [0.15, 0.2) is 72.4 Å². The summed E-state index contributed by atoms with van der Waals surface area (Å²) in [5.74, 6) is 6.42. The van der Waals surface area contributed by atoms with Gasteiger partial charge in [-0.15, -0.1) is 11.3 Å². The third-order valence-electron chi connectivity index (χ3n) is 5.74. The van der Waals surface area contributed by atoms with Crippen LogP contribution in [-0.2, 0) is 11.3 Å². The molecular weight excluding hydrogens is 474 g/mol. The highest BCUT2D eigenvalue weighted by atomic mass is 32.1. The number of fused-ring (bicyclic) bond motifs is 1. The van der Waals surface area contributed by atoms with E-state index in [1.54, 1.807) is 53.0 Å². The number of para-hydroxylation sites is 1. The second kappa shape index (κ2) is 9.90. The first-order chi connectivity index (χ1) is 17.5. The molecule has 0 bridgehead atoms. The lowest BCUT2D eigenvalue weighted by Crippen LogP contribution is -2.37. The Labute approximate surface area is 211 Å². The van der Waals surface area contributed by atoms with E-state index in [4.69, 9.17) is 10.5 Å². The smallest absolute Gasteiger partial charge is 0.255 e. The summed E-state index contributed by atoms with van der Waals surface area (Å²) in [7, 11) is 1.54. The van der Waals surface area contributed by atoms with E-state index in [1.165, 1.54) is 18.4 Å². The second-order valence-corrected chi connectivity index (χ2v) is 8.89. The van der Waals surface area contributed by atoms with E-state index in [0.29, 0.717) is 39.0 Å². The van der Waals surface area contributed by atoms with Gasteiger partial charge in [-0.05, 0) is 35.9 Å². The number of nitrogen functional groups attached to an aromatic ring is 1. The molecule has 0 unspecified atom stereocenters. The standard InChI is InChI=1S/C27H21N5O3S/c1-35-22-5-3-2-4-20(22)24(25(33)31-27-29-12-13-36-27)32-16-19-10-8-17(14-21(19)26(32)34)6-7-18-9-11-23(28)30-15-18/h2-5,8-15,24H,16H2,1H3,(H2,28,30)(H,29,31,33)/t24-/m1/s1. The van der Waals surface area contributed by atoms with Gasteiger partial charge in [-0.25, -0.2) is 9.97 Å². The van der Waals surface area contributed by atoms with Crippen molar-refractivity contribution in [2.24, 2.45) is 0 Å². The summed E-state index contributed by atoms with van der Waals surface area (Å²) in [6.07, 6.45) is 3.21. The molecule has 4 aromatic rings. The van der Waals surface area contributed by atoms with Crippen molar-refractivity contribution in [2.45, 2.75) is 12.6 Å². The maximum absolute atomic E-state index is 13.6. The number of anilines is 2. The van der Waals surface area contributed by atoms with Gasteiger partial charge in [0.15, 0.2) is 5.13 Å². The van der Waals surface area contributed by atoms with Crippen LogP contribution in [0, 0.1) is 11.8 Å². The Morgan fingerprint density at radius 2 is 1.94 bits per heavy atom. The molecule has 36 heavy (non-hydrogen) atoms. The van der Waals surface area contributed by atoms with Gasteiger partial charge < -0.3 is 15.4 Å². The summed E-state index contributed by atoms with van der Waals surface area (Å²) in [5, 5.41) is 5.06. The van der Waals surface area contributed by atoms with Crippen molar-refractivity contribution in [3.05, 3.63) is 100 Å². The summed E-state index contributed by atoms with van der Waals surface area (Å²) >= 11 is 1.31. The normalized spacial score (nSPS) is 12.9. The fourth-order valence-corrected chi connectivity index (χ4v) is 4.57. The number of thiazole rings is 1. The lowest BCUT2D eigenvalue weighted by atomic mass is 10.0. The number of nitrogens with two attached hydrogens (primary N) is 1. The molecule has 0 radical (unpaired) electrons. The van der Waals surface area contributed by atoms with Gasteiger partial charge in [0, 0.05) is 46.6 Å². The van der Waals surface area contributed by atoms with E-state index in [9.17, 15) is 9.59 Å². The average Bonchev–Trinajstić information content (AvgIpc) is 3.52. The summed E-state index contributed by atoms with van der Waals surface area (Å²) in [6, 6.07) is 15.2. The number of carbonyl (C=O) groups excluding carboxylic acids is 2. The van der Waals surface area contributed by atoms with Gasteiger partial charge in [0.25, 0.3) is 11.8 Å². The Bertz CT molecular complexity index is 1490. The third-order valence-corrected chi connectivity index (χ3v) is 6.42. The zero-order valence-electron chi connectivity index (χ0n) is 19.3. The molecule has 2 amide bonds. The number of nitrogens with zero attached hydrogens (tertiary/aromatic N) is 3. The van der Waals surface area contributed by atoms with Crippen LogP contribution in [0.5, 0.6) is 5.75 Å². The first-order valence-corrected chi connectivity index (χ1v) is 11.9. The van der Waals surface area contributed by atoms with E-state index in [2.05, 4.69) is 27.1 Å². The molecule has 3 N–H and O–H groups in total. The Hall–Kier alpha value is -4.68. The largest absolute Gasteiger partial charge is 0.496 e. The zero-order valence-corrected chi connectivity index (χ0v) is 20.1. The SMILES string of the molecule is COc1ccccc1[C@H](C(=O)Nc1nccs1)N1Cc2ccc(C#Cc3ccc(N)nc3)cc2C1=O. The fourth-order valence-electron chi connectivity index (χ4n) is 4.04. The number of pyridine rings is 1. The highest BCUT2D eigenvalue weighted by Crippen LogP contribution is 2.36. The number of nitrogens with one attached hydrogen (secondary N) is 1. The number of aromatic nitrogens is 2. The highest BCUT2D eigenvalue weighted by molar-refractivity contribution is 7.13. The summed E-state index contributed by atoms with van der Waals surface area (Å²) < 4.78 is 5.52. The Morgan fingerprint density at radius 1 is 1.14 bits per heavy atom. The number of carbonyl (C=O) groups is 2. The van der Waals surface area contributed by atoms with Gasteiger partial charge in [-0.1, -0.05) is 36.1 Å². The highest BCUT2D eigenvalue weighted by Gasteiger charge is 2.39. The maximum atomic E-state index is 13.6. The lowest BCUT2D eigenvalue weighted by Gasteiger charge is -2.28. The minimum atomic E-state index is -0.916. The van der Waals surface area contributed by atoms with Crippen LogP contribution in [-0.4, -0.2) is 33.8 Å².